The number of aromatic nitrogens is 3. The van der Waals surface area contributed by atoms with Crippen LogP contribution in [-0.4, -0.2) is 40.7 Å². The van der Waals surface area contributed by atoms with Gasteiger partial charge in [-0.25, -0.2) is 9.97 Å². The van der Waals surface area contributed by atoms with Gasteiger partial charge >= 0.3 is 5.97 Å². The van der Waals surface area contributed by atoms with Crippen LogP contribution in [0.1, 0.15) is 57.3 Å². The Morgan fingerprint density at radius 1 is 1.32 bits per heavy atom. The minimum Gasteiger partial charge on any atom is -0.497 e. The van der Waals surface area contributed by atoms with Gasteiger partial charge in [0, 0.05) is 36.5 Å². The van der Waals surface area contributed by atoms with Gasteiger partial charge in [0.05, 0.1) is 25.7 Å². The maximum atomic E-state index is 12.7. The van der Waals surface area contributed by atoms with Crippen molar-refractivity contribution in [3.63, 3.8) is 0 Å². The number of imidazole rings is 1. The number of hydrogen-bond acceptors (Lipinski definition) is 7. The number of carbonyl (C=O) groups is 1. The van der Waals surface area contributed by atoms with Crippen LogP contribution in [0.3, 0.4) is 0 Å². The lowest BCUT2D eigenvalue weighted by molar-refractivity contribution is -0.158. The Morgan fingerprint density at radius 3 is 2.82 bits per heavy atom. The molecule has 2 unspecified atom stereocenters. The van der Waals surface area contributed by atoms with Crippen LogP contribution in [0.4, 0.5) is 5.82 Å². The van der Waals surface area contributed by atoms with Crippen molar-refractivity contribution < 1.29 is 19.0 Å². The number of ether oxygens (including phenoxy) is 3. The summed E-state index contributed by atoms with van der Waals surface area (Å²) in [5.74, 6) is 3.15. The van der Waals surface area contributed by atoms with E-state index in [4.69, 9.17) is 19.2 Å². The summed E-state index contributed by atoms with van der Waals surface area (Å²) in [4.78, 5) is 22.1. The summed E-state index contributed by atoms with van der Waals surface area (Å²) in [6.07, 6.45) is 5.93. The van der Waals surface area contributed by atoms with E-state index in [1.807, 2.05) is 45.2 Å². The largest absolute Gasteiger partial charge is 0.497 e. The molecule has 34 heavy (non-hydrogen) atoms. The Labute approximate surface area is 208 Å². The summed E-state index contributed by atoms with van der Waals surface area (Å²) in [6, 6.07) is 5.73. The van der Waals surface area contributed by atoms with Crippen molar-refractivity contribution in [2.24, 2.45) is 5.41 Å². The van der Waals surface area contributed by atoms with Gasteiger partial charge in [0.2, 0.25) is 0 Å². The molecule has 8 nitrogen and oxygen atoms in total. The molecule has 1 fully saturated rings. The van der Waals surface area contributed by atoms with Crippen LogP contribution >= 0.6 is 15.9 Å². The van der Waals surface area contributed by atoms with E-state index in [0.29, 0.717) is 18.8 Å². The van der Waals surface area contributed by atoms with Crippen LogP contribution in [0, 0.1) is 5.41 Å². The third kappa shape index (κ3) is 4.71. The van der Waals surface area contributed by atoms with Gasteiger partial charge in [0.15, 0.2) is 5.82 Å². The predicted octanol–water partition coefficient (Wildman–Crippen LogP) is 5.35. The van der Waals surface area contributed by atoms with Crippen molar-refractivity contribution in [3.05, 3.63) is 46.6 Å². The molecule has 182 valence electrons. The van der Waals surface area contributed by atoms with Crippen molar-refractivity contribution in [1.29, 1.82) is 0 Å². The Kier molecular flexibility index (Phi) is 7.02. The maximum absolute atomic E-state index is 12.7. The van der Waals surface area contributed by atoms with E-state index in [-0.39, 0.29) is 18.0 Å². The Morgan fingerprint density at radius 2 is 2.12 bits per heavy atom. The van der Waals surface area contributed by atoms with E-state index in [9.17, 15) is 4.79 Å². The highest BCUT2D eigenvalue weighted by Crippen LogP contribution is 2.47. The maximum Gasteiger partial charge on any atom is 0.312 e. The molecular weight excluding hydrogens is 500 g/mol. The first-order valence-electron chi connectivity index (χ1n) is 11.4. The molecule has 1 aliphatic carbocycles. The monoisotopic (exact) mass is 530 g/mol. The van der Waals surface area contributed by atoms with E-state index < -0.39 is 5.41 Å². The fourth-order valence-electron chi connectivity index (χ4n) is 4.62. The summed E-state index contributed by atoms with van der Waals surface area (Å²) >= 11 is 3.63. The Bertz CT molecular complexity index is 1200. The number of anilines is 1. The molecule has 0 spiro atoms. The molecule has 1 saturated carbocycles. The van der Waals surface area contributed by atoms with E-state index in [1.165, 1.54) is 0 Å². The summed E-state index contributed by atoms with van der Waals surface area (Å²) in [6.45, 7) is 6.29. The summed E-state index contributed by atoms with van der Waals surface area (Å²) in [5.41, 5.74) is 1.35. The lowest BCUT2D eigenvalue weighted by atomic mass is 9.87. The van der Waals surface area contributed by atoms with Crippen molar-refractivity contribution in [2.45, 2.75) is 58.6 Å². The molecule has 1 aromatic carbocycles. The second-order valence-electron chi connectivity index (χ2n) is 9.24. The van der Waals surface area contributed by atoms with E-state index in [2.05, 4.69) is 30.6 Å². The number of fused-ring (bicyclic) bond motifs is 1. The summed E-state index contributed by atoms with van der Waals surface area (Å²) in [5, 5.41) is 3.42. The zero-order chi connectivity index (χ0) is 24.5. The molecular formula is C25H31BrN4O4. The number of rotatable bonds is 8. The van der Waals surface area contributed by atoms with Gasteiger partial charge in [0.25, 0.3) is 0 Å². The zero-order valence-electron chi connectivity index (χ0n) is 20.2. The number of nitrogens with zero attached hydrogens (tertiary/aromatic N) is 3. The molecule has 3 aromatic rings. The molecule has 1 N–H and O–H groups in total. The van der Waals surface area contributed by atoms with Crippen molar-refractivity contribution >= 4 is 33.2 Å². The molecule has 9 heteroatoms. The van der Waals surface area contributed by atoms with Crippen LogP contribution in [0.5, 0.6) is 11.5 Å². The molecule has 1 aliphatic rings. The van der Waals surface area contributed by atoms with E-state index in [1.54, 1.807) is 20.4 Å². The predicted molar refractivity (Wildman–Crippen MR) is 133 cm³/mol. The number of benzene rings is 1. The highest BCUT2D eigenvalue weighted by Gasteiger charge is 2.44. The molecule has 0 bridgehead atoms. The first-order valence-corrected chi connectivity index (χ1v) is 12.2. The van der Waals surface area contributed by atoms with Gasteiger partial charge in [0.1, 0.15) is 27.4 Å². The third-order valence-corrected chi connectivity index (χ3v) is 6.98. The van der Waals surface area contributed by atoms with Crippen molar-refractivity contribution in [2.75, 3.05) is 19.5 Å². The average Bonchev–Trinajstić information content (AvgIpc) is 3.38. The lowest BCUT2D eigenvalue weighted by Crippen LogP contribution is -2.29. The summed E-state index contributed by atoms with van der Waals surface area (Å²) in [7, 11) is 3.27. The lowest BCUT2D eigenvalue weighted by Gasteiger charge is -2.23. The second-order valence-corrected chi connectivity index (χ2v) is 9.99. The van der Waals surface area contributed by atoms with Gasteiger partial charge in [-0.1, -0.05) is 0 Å². The van der Waals surface area contributed by atoms with Crippen LogP contribution in [0.2, 0.25) is 0 Å². The van der Waals surface area contributed by atoms with Gasteiger partial charge in [-0.2, -0.15) is 0 Å². The van der Waals surface area contributed by atoms with Gasteiger partial charge in [-0.15, -0.1) is 0 Å². The van der Waals surface area contributed by atoms with Crippen molar-refractivity contribution in [1.82, 2.24) is 14.4 Å². The topological polar surface area (TPSA) is 87.0 Å². The van der Waals surface area contributed by atoms with E-state index in [0.717, 1.165) is 45.8 Å². The number of carbonyl (C=O) groups excluding carboxylic acids is 1. The first kappa shape index (κ1) is 24.3. The van der Waals surface area contributed by atoms with Gasteiger partial charge in [-0.3, -0.25) is 9.20 Å². The fourth-order valence-corrected chi connectivity index (χ4v) is 5.18. The third-order valence-electron chi connectivity index (χ3n) is 6.42. The highest BCUT2D eigenvalue weighted by molar-refractivity contribution is 9.10. The Hall–Kier alpha value is -2.81. The SMILES string of the molecule is COc1ccc(CNc2nccn3c(C4CCC(C)(C(=O)OC(C)C)C4)nc(Br)c23)c(OC)c1. The minimum absolute atomic E-state index is 0.117. The van der Waals surface area contributed by atoms with Gasteiger partial charge < -0.3 is 19.5 Å². The fraction of sp³-hybridized carbons (Fsp3) is 0.480. The molecule has 0 amide bonds. The number of esters is 1. The molecule has 4 rings (SSSR count). The molecule has 0 aliphatic heterocycles. The molecule has 0 radical (unpaired) electrons. The van der Waals surface area contributed by atoms with Crippen LogP contribution in [-0.2, 0) is 16.1 Å². The smallest absolute Gasteiger partial charge is 0.312 e. The molecule has 0 saturated heterocycles. The number of hydrogen-bond donors (Lipinski definition) is 1. The van der Waals surface area contributed by atoms with Crippen molar-refractivity contribution in [3.8, 4) is 11.5 Å². The molecule has 2 aromatic heterocycles. The Balaban J connectivity index is 1.58. The standard InChI is InChI=1S/C25H31BrN4O4/c1-15(2)34-24(31)25(3)9-8-16(13-25)23-29-21(26)20-22(27-10-11-30(20)23)28-14-17-6-7-18(32-4)12-19(17)33-5/h6-7,10-12,15-16H,8-9,13-14H2,1-5H3,(H,27,28). The zero-order valence-corrected chi connectivity index (χ0v) is 21.8. The van der Waals surface area contributed by atoms with Crippen LogP contribution in [0.15, 0.2) is 35.2 Å². The second kappa shape index (κ2) is 9.82. The van der Waals surface area contributed by atoms with Crippen LogP contribution < -0.4 is 14.8 Å². The highest BCUT2D eigenvalue weighted by atomic mass is 79.9. The number of methoxy groups -OCH3 is 2. The first-order chi connectivity index (χ1) is 16.3. The average molecular weight is 531 g/mol. The number of halogens is 1. The van der Waals surface area contributed by atoms with E-state index >= 15 is 0 Å². The normalized spacial score (nSPS) is 20.0. The molecule has 2 atom stereocenters. The molecule has 2 heterocycles. The number of nitrogens with one attached hydrogen (secondary N) is 1. The van der Waals surface area contributed by atoms with Gasteiger partial charge in [-0.05, 0) is 68.1 Å². The summed E-state index contributed by atoms with van der Waals surface area (Å²) < 4.78 is 19.1. The van der Waals surface area contributed by atoms with Crippen LogP contribution in [0.25, 0.3) is 5.52 Å². The quantitative estimate of drug-likeness (QED) is 0.393. The minimum atomic E-state index is -0.494.